The van der Waals surface area contributed by atoms with Crippen molar-refractivity contribution < 1.29 is 9.53 Å². The van der Waals surface area contributed by atoms with Crippen molar-refractivity contribution in [2.24, 2.45) is 0 Å². The summed E-state index contributed by atoms with van der Waals surface area (Å²) in [7, 11) is 1.63. The van der Waals surface area contributed by atoms with Crippen molar-refractivity contribution in [2.75, 3.05) is 7.11 Å². The first kappa shape index (κ1) is 23.2. The van der Waals surface area contributed by atoms with Gasteiger partial charge >= 0.3 is 0 Å². The Kier molecular flexibility index (Phi) is 6.46. The highest BCUT2D eigenvalue weighted by molar-refractivity contribution is 5.98. The van der Waals surface area contributed by atoms with Crippen molar-refractivity contribution in [3.63, 3.8) is 0 Å². The normalized spacial score (nSPS) is 10.9. The van der Waals surface area contributed by atoms with Gasteiger partial charge in [-0.1, -0.05) is 71.8 Å². The second-order valence-electron chi connectivity index (χ2n) is 8.89. The summed E-state index contributed by atoms with van der Waals surface area (Å²) in [4.78, 5) is 22.9. The van der Waals surface area contributed by atoms with Gasteiger partial charge in [0.05, 0.1) is 29.5 Å². The zero-order valence-corrected chi connectivity index (χ0v) is 20.6. The fourth-order valence-electron chi connectivity index (χ4n) is 4.09. The standard InChI is InChI=1S/C31H27N3O2/c1-20-7-11-23(12-8-20)29-30(24-13-9-21(2)10-14-24)34-28-18-25(15-16-27(28)33-29)31(35)32-19-22-5-4-6-26(17-22)36-3/h4-18H,19H2,1-3H3,(H,32,35). The van der Waals surface area contributed by atoms with Crippen molar-refractivity contribution in [1.29, 1.82) is 0 Å². The van der Waals surface area contributed by atoms with Crippen molar-refractivity contribution in [3.8, 4) is 28.3 Å². The summed E-state index contributed by atoms with van der Waals surface area (Å²) in [5.41, 5.74) is 8.89. The second kappa shape index (κ2) is 10.0. The molecule has 4 aromatic carbocycles. The minimum atomic E-state index is -0.166. The van der Waals surface area contributed by atoms with E-state index in [0.717, 1.165) is 39.3 Å². The lowest BCUT2D eigenvalue weighted by atomic mass is 10.0. The van der Waals surface area contributed by atoms with Gasteiger partial charge in [0.25, 0.3) is 5.91 Å². The molecule has 178 valence electrons. The number of hydrogen-bond acceptors (Lipinski definition) is 4. The zero-order chi connectivity index (χ0) is 25.1. The Morgan fingerprint density at radius 3 is 1.97 bits per heavy atom. The van der Waals surface area contributed by atoms with Crippen LogP contribution in [0.4, 0.5) is 0 Å². The van der Waals surface area contributed by atoms with Crippen LogP contribution in [-0.2, 0) is 6.54 Å². The molecule has 0 saturated heterocycles. The van der Waals surface area contributed by atoms with E-state index >= 15 is 0 Å². The molecule has 0 aliphatic heterocycles. The van der Waals surface area contributed by atoms with Gasteiger partial charge in [0, 0.05) is 23.2 Å². The van der Waals surface area contributed by atoms with E-state index in [1.165, 1.54) is 11.1 Å². The number of carbonyl (C=O) groups is 1. The molecule has 36 heavy (non-hydrogen) atoms. The third kappa shape index (κ3) is 4.96. The minimum Gasteiger partial charge on any atom is -0.497 e. The highest BCUT2D eigenvalue weighted by Crippen LogP contribution is 2.31. The quantitative estimate of drug-likeness (QED) is 0.305. The van der Waals surface area contributed by atoms with Gasteiger partial charge in [-0.25, -0.2) is 9.97 Å². The van der Waals surface area contributed by atoms with Crippen LogP contribution < -0.4 is 10.1 Å². The molecule has 1 heterocycles. The molecule has 1 N–H and O–H groups in total. The van der Waals surface area contributed by atoms with E-state index < -0.39 is 0 Å². The number of rotatable bonds is 6. The number of nitrogens with zero attached hydrogens (tertiary/aromatic N) is 2. The molecule has 5 nitrogen and oxygen atoms in total. The van der Waals surface area contributed by atoms with Crippen LogP contribution in [0, 0.1) is 13.8 Å². The largest absolute Gasteiger partial charge is 0.497 e. The molecule has 5 rings (SSSR count). The molecule has 0 aliphatic rings. The highest BCUT2D eigenvalue weighted by atomic mass is 16.5. The van der Waals surface area contributed by atoms with Crippen molar-refractivity contribution >= 4 is 16.9 Å². The van der Waals surface area contributed by atoms with Crippen LogP contribution in [0.15, 0.2) is 91.0 Å². The lowest BCUT2D eigenvalue weighted by molar-refractivity contribution is 0.0951. The van der Waals surface area contributed by atoms with Gasteiger partial charge in [-0.15, -0.1) is 0 Å². The predicted octanol–water partition coefficient (Wildman–Crippen LogP) is 6.52. The molecule has 1 aromatic heterocycles. The first-order valence-electron chi connectivity index (χ1n) is 11.9. The van der Waals surface area contributed by atoms with Gasteiger partial charge in [0.2, 0.25) is 0 Å². The van der Waals surface area contributed by atoms with E-state index in [9.17, 15) is 4.79 Å². The molecule has 0 aliphatic carbocycles. The number of hydrogen-bond donors (Lipinski definition) is 1. The molecule has 0 radical (unpaired) electrons. The highest BCUT2D eigenvalue weighted by Gasteiger charge is 2.15. The van der Waals surface area contributed by atoms with Crippen LogP contribution in [-0.4, -0.2) is 23.0 Å². The smallest absolute Gasteiger partial charge is 0.251 e. The van der Waals surface area contributed by atoms with Crippen molar-refractivity contribution in [3.05, 3.63) is 113 Å². The molecular weight excluding hydrogens is 446 g/mol. The number of benzene rings is 4. The Bertz CT molecular complexity index is 1540. The van der Waals surface area contributed by atoms with Crippen LogP contribution in [0.2, 0.25) is 0 Å². The van der Waals surface area contributed by atoms with E-state index in [4.69, 9.17) is 14.7 Å². The fraction of sp³-hybridized carbons (Fsp3) is 0.129. The second-order valence-corrected chi connectivity index (χ2v) is 8.89. The van der Waals surface area contributed by atoms with Crippen LogP contribution in [0.3, 0.4) is 0 Å². The third-order valence-electron chi connectivity index (χ3n) is 6.16. The summed E-state index contributed by atoms with van der Waals surface area (Å²) < 4.78 is 5.27. The minimum absolute atomic E-state index is 0.166. The average Bonchev–Trinajstić information content (AvgIpc) is 2.91. The van der Waals surface area contributed by atoms with Crippen LogP contribution >= 0.6 is 0 Å². The summed E-state index contributed by atoms with van der Waals surface area (Å²) in [6, 6.07) is 29.7. The number of amides is 1. The van der Waals surface area contributed by atoms with Crippen molar-refractivity contribution in [2.45, 2.75) is 20.4 Å². The maximum Gasteiger partial charge on any atom is 0.251 e. The predicted molar refractivity (Wildman–Crippen MR) is 144 cm³/mol. The number of carbonyl (C=O) groups excluding carboxylic acids is 1. The number of aromatic nitrogens is 2. The molecule has 1 amide bonds. The van der Waals surface area contributed by atoms with Gasteiger partial charge in [-0.3, -0.25) is 4.79 Å². The SMILES string of the molecule is COc1cccc(CNC(=O)c2ccc3nc(-c4ccc(C)cc4)c(-c4ccc(C)cc4)nc3c2)c1. The lowest BCUT2D eigenvalue weighted by Gasteiger charge is -2.12. The first-order chi connectivity index (χ1) is 17.5. The van der Waals surface area contributed by atoms with Gasteiger partial charge in [-0.2, -0.15) is 0 Å². The van der Waals surface area contributed by atoms with E-state index in [2.05, 4.69) is 67.7 Å². The Morgan fingerprint density at radius 1 is 0.750 bits per heavy atom. The number of methoxy groups -OCH3 is 1. The van der Waals surface area contributed by atoms with Crippen LogP contribution in [0.1, 0.15) is 27.0 Å². The van der Waals surface area contributed by atoms with E-state index in [0.29, 0.717) is 17.6 Å². The van der Waals surface area contributed by atoms with Gasteiger partial charge < -0.3 is 10.1 Å². The topological polar surface area (TPSA) is 64.1 Å². The summed E-state index contributed by atoms with van der Waals surface area (Å²) in [5.74, 6) is 0.594. The molecule has 0 unspecified atom stereocenters. The van der Waals surface area contributed by atoms with E-state index in [-0.39, 0.29) is 5.91 Å². The molecule has 0 saturated carbocycles. The third-order valence-corrected chi connectivity index (χ3v) is 6.16. The number of ether oxygens (including phenoxy) is 1. The molecule has 0 spiro atoms. The van der Waals surface area contributed by atoms with Crippen molar-refractivity contribution in [1.82, 2.24) is 15.3 Å². The summed E-state index contributed by atoms with van der Waals surface area (Å²) in [6.45, 7) is 4.53. The Balaban J connectivity index is 1.51. The Labute approximate surface area is 210 Å². The molecule has 5 heteroatoms. The Morgan fingerprint density at radius 2 is 1.36 bits per heavy atom. The summed E-state index contributed by atoms with van der Waals surface area (Å²) in [6.07, 6.45) is 0. The van der Waals surface area contributed by atoms with E-state index in [1.54, 1.807) is 19.2 Å². The monoisotopic (exact) mass is 473 g/mol. The zero-order valence-electron chi connectivity index (χ0n) is 20.6. The number of fused-ring (bicyclic) bond motifs is 1. The van der Waals surface area contributed by atoms with Gasteiger partial charge in [0.15, 0.2) is 0 Å². The van der Waals surface area contributed by atoms with Crippen LogP contribution in [0.25, 0.3) is 33.5 Å². The fourth-order valence-corrected chi connectivity index (χ4v) is 4.09. The maximum atomic E-state index is 12.9. The number of nitrogens with one attached hydrogen (secondary N) is 1. The Hall–Kier alpha value is -4.51. The van der Waals surface area contributed by atoms with Gasteiger partial charge in [-0.05, 0) is 49.7 Å². The molecule has 0 bridgehead atoms. The van der Waals surface area contributed by atoms with Crippen LogP contribution in [0.5, 0.6) is 5.75 Å². The molecule has 5 aromatic rings. The van der Waals surface area contributed by atoms with E-state index in [1.807, 2.05) is 30.3 Å². The average molecular weight is 474 g/mol. The first-order valence-corrected chi connectivity index (χ1v) is 11.9. The van der Waals surface area contributed by atoms with Gasteiger partial charge in [0.1, 0.15) is 5.75 Å². The summed E-state index contributed by atoms with van der Waals surface area (Å²) >= 11 is 0. The maximum absolute atomic E-state index is 12.9. The lowest BCUT2D eigenvalue weighted by Crippen LogP contribution is -2.22. The molecule has 0 fully saturated rings. The molecule has 0 atom stereocenters. The number of aryl methyl sites for hydroxylation is 2. The molecular formula is C31H27N3O2. The summed E-state index contributed by atoms with van der Waals surface area (Å²) in [5, 5.41) is 2.98.